The Kier molecular flexibility index (Phi) is 5.69. The minimum atomic E-state index is -0.277. The lowest BCUT2D eigenvalue weighted by Crippen LogP contribution is -2.33. The van der Waals surface area contributed by atoms with Gasteiger partial charge in [-0.15, -0.1) is 0 Å². The average molecular weight is 391 g/mol. The Hall–Kier alpha value is -3.42. The van der Waals surface area contributed by atoms with Crippen LogP contribution in [0.15, 0.2) is 55.2 Å². The first-order valence-electron chi connectivity index (χ1n) is 9.88. The Balaban J connectivity index is 1.42. The van der Waals surface area contributed by atoms with Gasteiger partial charge in [-0.05, 0) is 24.3 Å². The highest BCUT2D eigenvalue weighted by Gasteiger charge is 2.20. The molecule has 2 N–H and O–H groups in total. The maximum atomic E-state index is 12.2. The summed E-state index contributed by atoms with van der Waals surface area (Å²) in [5, 5.41) is 10.0. The van der Waals surface area contributed by atoms with Gasteiger partial charge in [0.15, 0.2) is 5.82 Å². The Morgan fingerprint density at radius 3 is 2.76 bits per heavy atom. The lowest BCUT2D eigenvalue weighted by Gasteiger charge is -2.32. The highest BCUT2D eigenvalue weighted by Crippen LogP contribution is 2.26. The molecule has 2 aromatic heterocycles. The first kappa shape index (κ1) is 18.9. The lowest BCUT2D eigenvalue weighted by atomic mass is 9.99. The number of anilines is 2. The molecule has 0 radical (unpaired) electrons. The molecule has 0 spiro atoms. The summed E-state index contributed by atoms with van der Waals surface area (Å²) in [4.78, 5) is 23.1. The van der Waals surface area contributed by atoms with Crippen molar-refractivity contribution in [2.45, 2.75) is 26.3 Å². The average Bonchev–Trinajstić information content (AvgIpc) is 3.22. The van der Waals surface area contributed by atoms with Crippen molar-refractivity contribution in [1.82, 2.24) is 25.1 Å². The van der Waals surface area contributed by atoms with Gasteiger partial charge in [-0.2, -0.15) is 5.10 Å². The summed E-state index contributed by atoms with van der Waals surface area (Å²) in [5.41, 5.74) is 2.61. The number of urea groups is 1. The third kappa shape index (κ3) is 4.71. The van der Waals surface area contributed by atoms with Gasteiger partial charge in [0.2, 0.25) is 0 Å². The van der Waals surface area contributed by atoms with E-state index >= 15 is 0 Å². The summed E-state index contributed by atoms with van der Waals surface area (Å²) < 4.78 is 1.68. The Labute approximate surface area is 170 Å². The second-order valence-corrected chi connectivity index (χ2v) is 7.37. The predicted molar refractivity (Wildman–Crippen MR) is 112 cm³/mol. The molecule has 4 rings (SSSR count). The molecule has 1 aliphatic heterocycles. The van der Waals surface area contributed by atoms with Gasteiger partial charge in [0.1, 0.15) is 12.0 Å². The van der Waals surface area contributed by atoms with Crippen LogP contribution < -0.4 is 15.5 Å². The van der Waals surface area contributed by atoms with Gasteiger partial charge in [0.25, 0.3) is 0 Å². The van der Waals surface area contributed by atoms with Crippen LogP contribution in [0.3, 0.4) is 0 Å². The van der Waals surface area contributed by atoms with Gasteiger partial charge in [-0.3, -0.25) is 0 Å². The molecule has 2 amide bonds. The number of aromatic nitrogens is 4. The molecule has 8 heteroatoms. The number of hydrogen-bond donors (Lipinski definition) is 2. The van der Waals surface area contributed by atoms with E-state index < -0.39 is 0 Å². The highest BCUT2D eigenvalue weighted by molar-refractivity contribution is 5.88. The standard InChI is InChI=1S/C21H25N7O/c1-16-7-9-27(10-8-16)19-13-22-15-24-20(19)28-14-18(12-25-28)26-21(29)23-11-17-5-3-2-4-6-17/h2-6,12-16H,7-11H2,1H3,(H2,23,26,29). The fourth-order valence-electron chi connectivity index (χ4n) is 3.42. The number of benzene rings is 1. The summed E-state index contributed by atoms with van der Waals surface area (Å²) in [7, 11) is 0. The maximum absolute atomic E-state index is 12.2. The van der Waals surface area contributed by atoms with Crippen molar-refractivity contribution in [2.24, 2.45) is 5.92 Å². The molecule has 1 aliphatic rings. The van der Waals surface area contributed by atoms with Crippen molar-refractivity contribution in [3.8, 4) is 5.82 Å². The summed E-state index contributed by atoms with van der Waals surface area (Å²) >= 11 is 0. The highest BCUT2D eigenvalue weighted by atomic mass is 16.2. The Bertz CT molecular complexity index is 948. The first-order chi connectivity index (χ1) is 14.2. The lowest BCUT2D eigenvalue weighted by molar-refractivity contribution is 0.251. The van der Waals surface area contributed by atoms with Crippen LogP contribution in [-0.4, -0.2) is 38.9 Å². The monoisotopic (exact) mass is 391 g/mol. The van der Waals surface area contributed by atoms with E-state index in [1.807, 2.05) is 36.5 Å². The zero-order chi connectivity index (χ0) is 20.1. The fraction of sp³-hybridized carbons (Fsp3) is 0.333. The van der Waals surface area contributed by atoms with Crippen LogP contribution in [-0.2, 0) is 6.54 Å². The van der Waals surface area contributed by atoms with Crippen LogP contribution >= 0.6 is 0 Å². The zero-order valence-corrected chi connectivity index (χ0v) is 16.5. The maximum Gasteiger partial charge on any atom is 0.319 e. The third-order valence-electron chi connectivity index (χ3n) is 5.15. The molecule has 1 fully saturated rings. The molecule has 3 heterocycles. The Morgan fingerprint density at radius 2 is 1.97 bits per heavy atom. The van der Waals surface area contributed by atoms with Gasteiger partial charge in [0.05, 0.1) is 24.3 Å². The molecule has 0 bridgehead atoms. The van der Waals surface area contributed by atoms with Gasteiger partial charge < -0.3 is 15.5 Å². The zero-order valence-electron chi connectivity index (χ0n) is 16.5. The molecular formula is C21H25N7O. The van der Waals surface area contributed by atoms with Crippen LogP contribution in [0.25, 0.3) is 5.82 Å². The van der Waals surface area contributed by atoms with Crippen molar-refractivity contribution in [3.05, 3.63) is 60.8 Å². The van der Waals surface area contributed by atoms with E-state index in [1.54, 1.807) is 17.1 Å². The van der Waals surface area contributed by atoms with Crippen LogP contribution in [0.4, 0.5) is 16.2 Å². The van der Waals surface area contributed by atoms with E-state index in [0.717, 1.165) is 43.1 Å². The van der Waals surface area contributed by atoms with E-state index in [0.29, 0.717) is 18.1 Å². The number of piperidine rings is 1. The predicted octanol–water partition coefficient (Wildman–Crippen LogP) is 3.22. The summed E-state index contributed by atoms with van der Waals surface area (Å²) in [5.74, 6) is 1.46. The quantitative estimate of drug-likeness (QED) is 0.697. The normalized spacial score (nSPS) is 14.6. The number of nitrogens with zero attached hydrogens (tertiary/aromatic N) is 5. The minimum absolute atomic E-state index is 0.277. The van der Waals surface area contributed by atoms with Crippen LogP contribution in [0, 0.1) is 5.92 Å². The molecule has 8 nitrogen and oxygen atoms in total. The number of hydrogen-bond acceptors (Lipinski definition) is 5. The largest absolute Gasteiger partial charge is 0.367 e. The molecule has 1 aromatic carbocycles. The Morgan fingerprint density at radius 1 is 1.17 bits per heavy atom. The topological polar surface area (TPSA) is 88.0 Å². The molecule has 0 unspecified atom stereocenters. The molecule has 0 atom stereocenters. The molecule has 0 saturated carbocycles. The van der Waals surface area contributed by atoms with Crippen LogP contribution in [0.5, 0.6) is 0 Å². The van der Waals surface area contributed by atoms with Gasteiger partial charge in [0, 0.05) is 19.6 Å². The second kappa shape index (κ2) is 8.72. The molecule has 0 aliphatic carbocycles. The van der Waals surface area contributed by atoms with E-state index in [2.05, 4.69) is 37.5 Å². The molecule has 1 saturated heterocycles. The third-order valence-corrected chi connectivity index (χ3v) is 5.15. The summed E-state index contributed by atoms with van der Waals surface area (Å²) in [6.45, 7) is 4.71. The molecular weight excluding hydrogens is 366 g/mol. The van der Waals surface area contributed by atoms with Gasteiger partial charge in [-0.25, -0.2) is 19.4 Å². The van der Waals surface area contributed by atoms with E-state index in [1.165, 1.54) is 6.33 Å². The molecule has 150 valence electrons. The number of carbonyl (C=O) groups excluding carboxylic acids is 1. The van der Waals surface area contributed by atoms with Crippen molar-refractivity contribution < 1.29 is 4.79 Å². The summed E-state index contributed by atoms with van der Waals surface area (Å²) in [6.07, 6.45) is 9.04. The summed E-state index contributed by atoms with van der Waals surface area (Å²) in [6, 6.07) is 9.50. The van der Waals surface area contributed by atoms with Crippen LogP contribution in [0.2, 0.25) is 0 Å². The van der Waals surface area contributed by atoms with Crippen LogP contribution in [0.1, 0.15) is 25.3 Å². The second-order valence-electron chi connectivity index (χ2n) is 7.37. The smallest absolute Gasteiger partial charge is 0.319 e. The number of nitrogens with one attached hydrogen (secondary N) is 2. The van der Waals surface area contributed by atoms with E-state index in [-0.39, 0.29) is 6.03 Å². The van der Waals surface area contributed by atoms with Crippen molar-refractivity contribution in [3.63, 3.8) is 0 Å². The minimum Gasteiger partial charge on any atom is -0.367 e. The number of carbonyl (C=O) groups is 1. The first-order valence-corrected chi connectivity index (χ1v) is 9.88. The number of amides is 2. The molecule has 3 aromatic rings. The van der Waals surface area contributed by atoms with E-state index in [9.17, 15) is 4.79 Å². The van der Waals surface area contributed by atoms with Gasteiger partial charge >= 0.3 is 6.03 Å². The SMILES string of the molecule is CC1CCN(c2cncnc2-n2cc(NC(=O)NCc3ccccc3)cn2)CC1. The fourth-order valence-corrected chi connectivity index (χ4v) is 3.42. The van der Waals surface area contributed by atoms with Crippen molar-refractivity contribution in [2.75, 3.05) is 23.3 Å². The van der Waals surface area contributed by atoms with Gasteiger partial charge in [-0.1, -0.05) is 37.3 Å². The number of rotatable bonds is 5. The van der Waals surface area contributed by atoms with E-state index in [4.69, 9.17) is 0 Å². The molecule has 29 heavy (non-hydrogen) atoms. The van der Waals surface area contributed by atoms with Crippen molar-refractivity contribution >= 4 is 17.4 Å². The van der Waals surface area contributed by atoms with Crippen molar-refractivity contribution in [1.29, 1.82) is 0 Å².